The average Bonchev–Trinajstić information content (AvgIpc) is 2.70. The molecular weight excluding hydrogens is 272 g/mol. The van der Waals surface area contributed by atoms with Crippen molar-refractivity contribution in [2.24, 2.45) is 0 Å². The Hall–Kier alpha value is -2.42. The molecule has 3 heteroatoms. The molecule has 3 rings (SSSR count). The minimum absolute atomic E-state index is 0.168. The number of rotatable bonds is 4. The molecule has 2 heterocycles. The monoisotopic (exact) mass is 292 g/mol. The Morgan fingerprint density at radius 2 is 1.91 bits per heavy atom. The molecule has 0 unspecified atom stereocenters. The number of benzene rings is 1. The second-order valence-electron chi connectivity index (χ2n) is 5.54. The van der Waals surface area contributed by atoms with Crippen molar-refractivity contribution in [2.75, 3.05) is 6.54 Å². The summed E-state index contributed by atoms with van der Waals surface area (Å²) in [4.78, 5) is 18.7. The number of unbranched alkanes of at least 4 members (excludes halogenated alkanes) is 1. The van der Waals surface area contributed by atoms with Crippen molar-refractivity contribution >= 4 is 17.7 Å². The van der Waals surface area contributed by atoms with Gasteiger partial charge < -0.3 is 4.90 Å². The number of hydrogen-bond donors (Lipinski definition) is 0. The van der Waals surface area contributed by atoms with Crippen LogP contribution in [0.15, 0.2) is 48.8 Å². The first kappa shape index (κ1) is 14.5. The average molecular weight is 292 g/mol. The summed E-state index contributed by atoms with van der Waals surface area (Å²) in [5, 5.41) is 0. The highest BCUT2D eigenvalue weighted by atomic mass is 16.2. The number of hydrogen-bond acceptors (Lipinski definition) is 2. The van der Waals surface area contributed by atoms with Gasteiger partial charge in [0.2, 0.25) is 5.91 Å². The maximum atomic E-state index is 12.7. The van der Waals surface area contributed by atoms with E-state index in [0.717, 1.165) is 41.8 Å². The van der Waals surface area contributed by atoms with Gasteiger partial charge >= 0.3 is 0 Å². The number of pyridine rings is 1. The number of carbonyl (C=O) groups is 1. The summed E-state index contributed by atoms with van der Waals surface area (Å²) in [5.41, 5.74) is 4.24. The Labute approximate surface area is 131 Å². The summed E-state index contributed by atoms with van der Waals surface area (Å²) < 4.78 is 0. The molecule has 112 valence electrons. The topological polar surface area (TPSA) is 33.2 Å². The SMILES string of the molecule is CCCCN1C(=O)Cc2ccccc2C=C1c1ccncc1. The normalized spacial score (nSPS) is 14.3. The highest BCUT2D eigenvalue weighted by Gasteiger charge is 2.23. The van der Waals surface area contributed by atoms with Gasteiger partial charge in [-0.25, -0.2) is 0 Å². The molecule has 0 fully saturated rings. The van der Waals surface area contributed by atoms with Crippen molar-refractivity contribution in [1.29, 1.82) is 0 Å². The van der Waals surface area contributed by atoms with E-state index in [2.05, 4.69) is 24.1 Å². The molecule has 0 atom stereocenters. The summed E-state index contributed by atoms with van der Waals surface area (Å²) in [7, 11) is 0. The van der Waals surface area contributed by atoms with E-state index < -0.39 is 0 Å². The molecule has 1 aliphatic rings. The van der Waals surface area contributed by atoms with E-state index in [1.165, 1.54) is 0 Å². The lowest BCUT2D eigenvalue weighted by Gasteiger charge is -2.24. The van der Waals surface area contributed by atoms with Crippen molar-refractivity contribution in [3.63, 3.8) is 0 Å². The number of fused-ring (bicyclic) bond motifs is 1. The highest BCUT2D eigenvalue weighted by Crippen LogP contribution is 2.28. The smallest absolute Gasteiger partial charge is 0.231 e. The Balaban J connectivity index is 2.09. The summed E-state index contributed by atoms with van der Waals surface area (Å²) in [6, 6.07) is 12.1. The molecule has 0 bridgehead atoms. The number of aromatic nitrogens is 1. The molecule has 1 aromatic carbocycles. The standard InChI is InChI=1S/C19H20N2O/c1-2-3-12-21-18(15-8-10-20-11-9-15)13-16-6-4-5-7-17(16)14-19(21)22/h4-11,13H,2-3,12,14H2,1H3. The molecular formula is C19H20N2O. The minimum atomic E-state index is 0.168. The van der Waals surface area contributed by atoms with Crippen molar-refractivity contribution in [2.45, 2.75) is 26.2 Å². The van der Waals surface area contributed by atoms with Crippen LogP contribution in [0.4, 0.5) is 0 Å². The van der Waals surface area contributed by atoms with Crippen LogP contribution in [-0.2, 0) is 11.2 Å². The second kappa shape index (κ2) is 6.56. The van der Waals surface area contributed by atoms with Gasteiger partial charge in [0, 0.05) is 24.5 Å². The van der Waals surface area contributed by atoms with E-state index in [1.54, 1.807) is 12.4 Å². The van der Waals surface area contributed by atoms with Crippen LogP contribution in [0.1, 0.15) is 36.5 Å². The Morgan fingerprint density at radius 1 is 1.14 bits per heavy atom. The number of amides is 1. The van der Waals surface area contributed by atoms with Crippen LogP contribution in [0.25, 0.3) is 11.8 Å². The first-order chi connectivity index (χ1) is 10.8. The zero-order chi connectivity index (χ0) is 15.4. The zero-order valence-electron chi connectivity index (χ0n) is 12.8. The van der Waals surface area contributed by atoms with Crippen LogP contribution < -0.4 is 0 Å². The van der Waals surface area contributed by atoms with Gasteiger partial charge in [-0.15, -0.1) is 0 Å². The van der Waals surface area contributed by atoms with E-state index in [-0.39, 0.29) is 5.91 Å². The van der Waals surface area contributed by atoms with Crippen LogP contribution in [-0.4, -0.2) is 22.3 Å². The first-order valence-electron chi connectivity index (χ1n) is 7.80. The van der Waals surface area contributed by atoms with E-state index in [0.29, 0.717) is 6.42 Å². The van der Waals surface area contributed by atoms with Crippen molar-refractivity contribution in [1.82, 2.24) is 9.88 Å². The summed E-state index contributed by atoms with van der Waals surface area (Å²) in [5.74, 6) is 0.168. The minimum Gasteiger partial charge on any atom is -0.312 e. The third-order valence-electron chi connectivity index (χ3n) is 3.99. The quantitative estimate of drug-likeness (QED) is 0.859. The summed E-state index contributed by atoms with van der Waals surface area (Å²) >= 11 is 0. The second-order valence-corrected chi connectivity index (χ2v) is 5.54. The lowest BCUT2D eigenvalue weighted by Crippen LogP contribution is -2.30. The summed E-state index contributed by atoms with van der Waals surface area (Å²) in [6.45, 7) is 2.91. The molecule has 1 aromatic heterocycles. The lowest BCUT2D eigenvalue weighted by atomic mass is 10.0. The van der Waals surface area contributed by atoms with E-state index in [1.807, 2.05) is 35.2 Å². The van der Waals surface area contributed by atoms with E-state index in [9.17, 15) is 4.79 Å². The maximum absolute atomic E-state index is 12.7. The molecule has 0 saturated heterocycles. The van der Waals surface area contributed by atoms with Crippen LogP contribution in [0.3, 0.4) is 0 Å². The molecule has 1 amide bonds. The van der Waals surface area contributed by atoms with Gasteiger partial charge in [-0.2, -0.15) is 0 Å². The number of carbonyl (C=O) groups excluding carboxylic acids is 1. The van der Waals surface area contributed by atoms with Gasteiger partial charge in [0.05, 0.1) is 12.1 Å². The van der Waals surface area contributed by atoms with Gasteiger partial charge in [0.25, 0.3) is 0 Å². The van der Waals surface area contributed by atoms with Crippen LogP contribution in [0.5, 0.6) is 0 Å². The molecule has 0 spiro atoms. The highest BCUT2D eigenvalue weighted by molar-refractivity contribution is 5.96. The Kier molecular flexibility index (Phi) is 4.33. The Bertz CT molecular complexity index is 692. The van der Waals surface area contributed by atoms with E-state index in [4.69, 9.17) is 0 Å². The van der Waals surface area contributed by atoms with Crippen molar-refractivity contribution in [3.8, 4) is 0 Å². The van der Waals surface area contributed by atoms with Crippen molar-refractivity contribution < 1.29 is 4.79 Å². The molecule has 3 nitrogen and oxygen atoms in total. The largest absolute Gasteiger partial charge is 0.312 e. The predicted molar refractivity (Wildman–Crippen MR) is 88.9 cm³/mol. The molecule has 0 N–H and O–H groups in total. The number of nitrogens with zero attached hydrogens (tertiary/aromatic N) is 2. The molecule has 1 aliphatic heterocycles. The van der Waals surface area contributed by atoms with Gasteiger partial charge in [-0.1, -0.05) is 37.6 Å². The van der Waals surface area contributed by atoms with Gasteiger partial charge in [0.1, 0.15) is 0 Å². The molecule has 0 aliphatic carbocycles. The fourth-order valence-electron chi connectivity index (χ4n) is 2.78. The lowest BCUT2D eigenvalue weighted by molar-refractivity contribution is -0.127. The van der Waals surface area contributed by atoms with Crippen LogP contribution in [0.2, 0.25) is 0 Å². The fourth-order valence-corrected chi connectivity index (χ4v) is 2.78. The molecule has 22 heavy (non-hydrogen) atoms. The summed E-state index contributed by atoms with van der Waals surface area (Å²) in [6.07, 6.45) is 8.21. The Morgan fingerprint density at radius 3 is 2.68 bits per heavy atom. The fraction of sp³-hybridized carbons (Fsp3) is 0.263. The third-order valence-corrected chi connectivity index (χ3v) is 3.99. The third kappa shape index (κ3) is 2.93. The first-order valence-corrected chi connectivity index (χ1v) is 7.80. The molecule has 0 radical (unpaired) electrons. The zero-order valence-corrected chi connectivity index (χ0v) is 12.8. The molecule has 0 saturated carbocycles. The van der Waals surface area contributed by atoms with Crippen molar-refractivity contribution in [3.05, 3.63) is 65.5 Å². The maximum Gasteiger partial charge on any atom is 0.231 e. The van der Waals surface area contributed by atoms with Gasteiger partial charge in [0.15, 0.2) is 0 Å². The molecule has 2 aromatic rings. The van der Waals surface area contributed by atoms with Crippen LogP contribution >= 0.6 is 0 Å². The van der Waals surface area contributed by atoms with Crippen LogP contribution in [0, 0.1) is 0 Å². The van der Waals surface area contributed by atoms with Gasteiger partial charge in [-0.3, -0.25) is 9.78 Å². The van der Waals surface area contributed by atoms with E-state index >= 15 is 0 Å². The van der Waals surface area contributed by atoms with Gasteiger partial charge in [-0.05, 0) is 35.8 Å². The predicted octanol–water partition coefficient (Wildman–Crippen LogP) is 3.76.